The summed E-state index contributed by atoms with van der Waals surface area (Å²) in [6.07, 6.45) is 1.80. The third kappa shape index (κ3) is 2.53. The topological polar surface area (TPSA) is 17.3 Å². The summed E-state index contributed by atoms with van der Waals surface area (Å²) in [5.41, 5.74) is 6.20. The van der Waals surface area contributed by atoms with Crippen LogP contribution in [-0.4, -0.2) is 25.1 Å². The van der Waals surface area contributed by atoms with Crippen LogP contribution in [0.15, 0.2) is 79.0 Å². The number of hydrogen-bond acceptors (Lipinski definition) is 1. The van der Waals surface area contributed by atoms with Gasteiger partial charge in [0.25, 0.3) is 0 Å². The van der Waals surface area contributed by atoms with Crippen LogP contribution in [0, 0.1) is 5.41 Å². The Morgan fingerprint density at radius 3 is 2.16 bits per heavy atom. The maximum atomic E-state index is 6.56. The summed E-state index contributed by atoms with van der Waals surface area (Å²) in [6, 6.07) is 25.7. The number of aromatic nitrogens is 2. The summed E-state index contributed by atoms with van der Waals surface area (Å²) in [5.74, 6) is 0. The van der Waals surface area contributed by atoms with Crippen molar-refractivity contribution in [3.05, 3.63) is 84.6 Å². The Hall–Kier alpha value is -3.26. The van der Waals surface area contributed by atoms with Gasteiger partial charge in [0.1, 0.15) is 0 Å². The van der Waals surface area contributed by atoms with E-state index in [1.54, 1.807) is 6.20 Å². The zero-order valence-electron chi connectivity index (χ0n) is 18.6. The summed E-state index contributed by atoms with van der Waals surface area (Å²) in [7, 11) is 13.1. The molecule has 3 heterocycles. The molecule has 0 amide bonds. The van der Waals surface area contributed by atoms with E-state index in [4.69, 9.17) is 15.7 Å². The van der Waals surface area contributed by atoms with Gasteiger partial charge in [-0.1, -0.05) is 80.1 Å². The van der Waals surface area contributed by atoms with Crippen LogP contribution in [0.5, 0.6) is 0 Å². The Balaban J connectivity index is 1.63. The molecule has 0 aliphatic rings. The third-order valence-corrected chi connectivity index (χ3v) is 7.00. The van der Waals surface area contributed by atoms with Crippen molar-refractivity contribution >= 4 is 53.8 Å². The van der Waals surface area contributed by atoms with Crippen LogP contribution in [-0.2, 0) is 5.21 Å². The van der Waals surface area contributed by atoms with Gasteiger partial charge in [0.05, 0.1) is 37.9 Å². The first-order chi connectivity index (χ1) is 15.3. The minimum absolute atomic E-state index is 0.291. The molecule has 32 heavy (non-hydrogen) atoms. The van der Waals surface area contributed by atoms with E-state index in [9.17, 15) is 0 Å². The minimum Gasteiger partial charge on any atom is -0.308 e. The molecule has 3 aromatic heterocycles. The molecule has 0 aliphatic carbocycles. The van der Waals surface area contributed by atoms with Crippen LogP contribution in [0.4, 0.5) is 0 Å². The highest BCUT2D eigenvalue weighted by atomic mass is 14.9. The molecule has 4 radical (unpaired) electrons. The Morgan fingerprint density at radius 2 is 1.41 bits per heavy atom. The van der Waals surface area contributed by atoms with Crippen LogP contribution in [0.3, 0.4) is 0 Å². The lowest BCUT2D eigenvalue weighted by molar-refractivity contribution is 0.358. The van der Waals surface area contributed by atoms with Crippen LogP contribution >= 0.6 is 0 Å². The van der Waals surface area contributed by atoms with Gasteiger partial charge in [0.15, 0.2) is 0 Å². The largest absolute Gasteiger partial charge is 0.308 e. The predicted octanol–water partition coefficient (Wildman–Crippen LogP) is 6.43. The van der Waals surface area contributed by atoms with Crippen molar-refractivity contribution in [2.45, 2.75) is 26.0 Å². The number of fused-ring (bicyclic) bond motifs is 6. The second kappa shape index (κ2) is 6.38. The number of benzene rings is 3. The number of rotatable bonds is 2. The summed E-state index contributed by atoms with van der Waals surface area (Å²) >= 11 is 0. The van der Waals surface area contributed by atoms with Gasteiger partial charge in [0, 0.05) is 33.3 Å². The van der Waals surface area contributed by atoms with Gasteiger partial charge >= 0.3 is 0 Å². The first-order valence-electron chi connectivity index (χ1n) is 11.0. The van der Waals surface area contributed by atoms with Crippen molar-refractivity contribution in [1.82, 2.24) is 9.38 Å². The lowest BCUT2D eigenvalue weighted by atomic mass is 9.41. The number of para-hydroxylation sites is 2. The van der Waals surface area contributed by atoms with Crippen LogP contribution < -0.4 is 0 Å². The first-order valence-corrected chi connectivity index (χ1v) is 11.0. The quantitative estimate of drug-likeness (QED) is 0.302. The fourth-order valence-corrected chi connectivity index (χ4v) is 4.87. The van der Waals surface area contributed by atoms with Gasteiger partial charge in [-0.25, -0.2) is 0 Å². The highest BCUT2D eigenvalue weighted by Crippen LogP contribution is 2.41. The van der Waals surface area contributed by atoms with Gasteiger partial charge in [-0.3, -0.25) is 4.98 Å². The molecule has 0 unspecified atom stereocenters. The molecular weight excluding hydrogens is 386 g/mol. The van der Waals surface area contributed by atoms with Gasteiger partial charge < -0.3 is 4.40 Å². The van der Waals surface area contributed by atoms with Gasteiger partial charge in [-0.2, -0.15) is 0 Å². The average molecular weight is 408 g/mol. The number of nitrogens with zero attached hydrogens (tertiary/aromatic N) is 2. The average Bonchev–Trinajstić information content (AvgIpc) is 3.30. The molecule has 6 aromatic rings. The number of hydrogen-bond donors (Lipinski definition) is 0. The van der Waals surface area contributed by atoms with Gasteiger partial charge in [-0.05, 0) is 29.7 Å². The van der Waals surface area contributed by atoms with E-state index in [-0.39, 0.29) is 5.41 Å². The summed E-state index contributed by atoms with van der Waals surface area (Å²) in [4.78, 5) is 4.66. The lowest BCUT2D eigenvalue weighted by Gasteiger charge is -2.40. The maximum Gasteiger partial charge on any atom is 0.0705 e. The predicted molar refractivity (Wildman–Crippen MR) is 137 cm³/mol. The van der Waals surface area contributed by atoms with Gasteiger partial charge in [-0.15, -0.1) is 0 Å². The molecular formula is C28H22B2N2. The first kappa shape index (κ1) is 19.4. The fraction of sp³-hybridized carbons (Fsp3) is 0.179. The molecule has 0 fully saturated rings. The van der Waals surface area contributed by atoms with E-state index >= 15 is 0 Å². The Labute approximate surface area is 190 Å². The Bertz CT molecular complexity index is 1640. The molecule has 4 heteroatoms. The zero-order valence-corrected chi connectivity index (χ0v) is 18.6. The highest BCUT2D eigenvalue weighted by molar-refractivity contribution is 6.40. The fourth-order valence-electron chi connectivity index (χ4n) is 4.87. The molecule has 0 spiro atoms. The maximum absolute atomic E-state index is 6.56. The monoisotopic (exact) mass is 408 g/mol. The highest BCUT2D eigenvalue weighted by Gasteiger charge is 2.33. The molecule has 150 valence electrons. The van der Waals surface area contributed by atoms with Gasteiger partial charge in [0.2, 0.25) is 0 Å². The second-order valence-corrected chi connectivity index (χ2v) is 9.84. The van der Waals surface area contributed by atoms with E-state index in [1.165, 1.54) is 38.1 Å². The van der Waals surface area contributed by atoms with Crippen molar-refractivity contribution in [3.63, 3.8) is 0 Å². The van der Waals surface area contributed by atoms with E-state index in [1.807, 2.05) is 12.1 Å². The van der Waals surface area contributed by atoms with E-state index in [0.717, 1.165) is 16.8 Å². The van der Waals surface area contributed by atoms with Crippen molar-refractivity contribution in [1.29, 1.82) is 0 Å². The van der Waals surface area contributed by atoms with Crippen LogP contribution in [0.1, 0.15) is 26.3 Å². The lowest BCUT2D eigenvalue weighted by Crippen LogP contribution is -2.41. The summed E-state index contributed by atoms with van der Waals surface area (Å²) < 4.78 is 2.38. The second-order valence-electron chi connectivity index (χ2n) is 9.84. The minimum atomic E-state index is -0.958. The smallest absolute Gasteiger partial charge is 0.0705 e. The van der Waals surface area contributed by atoms with Crippen LogP contribution in [0.25, 0.3) is 49.4 Å². The van der Waals surface area contributed by atoms with Crippen molar-refractivity contribution < 1.29 is 0 Å². The molecule has 0 saturated carbocycles. The molecule has 3 aromatic carbocycles. The third-order valence-electron chi connectivity index (χ3n) is 7.00. The standard InChI is InChI=1S/C28H22B2N2/c1-27(2,3)28(29,30)18-13-14-31-23(16-18)17-11-12-20-22-9-6-8-21-19-7-4-5-10-24(19)32(26(21)22)25(20)15-17/h4-16H,1-3H3. The van der Waals surface area contributed by atoms with Crippen molar-refractivity contribution in [3.8, 4) is 11.3 Å². The molecule has 2 nitrogen and oxygen atoms in total. The summed E-state index contributed by atoms with van der Waals surface area (Å²) in [5, 5.41) is 4.13. The van der Waals surface area contributed by atoms with E-state index < -0.39 is 5.21 Å². The van der Waals surface area contributed by atoms with Crippen LogP contribution in [0.2, 0.25) is 0 Å². The Kier molecular flexibility index (Phi) is 3.88. The summed E-state index contributed by atoms with van der Waals surface area (Å²) in [6.45, 7) is 6.17. The molecule has 0 aliphatic heterocycles. The normalized spacial score (nSPS) is 13.1. The molecule has 0 saturated heterocycles. The number of pyridine rings is 1. The van der Waals surface area contributed by atoms with Crippen molar-refractivity contribution in [2.24, 2.45) is 5.41 Å². The van der Waals surface area contributed by atoms with E-state index in [2.05, 4.69) is 90.8 Å². The Morgan fingerprint density at radius 1 is 0.719 bits per heavy atom. The molecule has 0 bridgehead atoms. The van der Waals surface area contributed by atoms with E-state index in [0.29, 0.717) is 0 Å². The SMILES string of the molecule is [B]C([B])(c1ccnc(-c2ccc3c4cccc5c6ccccc6n(c3c2)c54)c1)C(C)(C)C. The molecule has 6 rings (SSSR count). The molecule has 0 atom stereocenters. The van der Waals surface area contributed by atoms with Crippen molar-refractivity contribution in [2.75, 3.05) is 0 Å². The zero-order chi connectivity index (χ0) is 22.3. The molecule has 0 N–H and O–H groups in total.